The third-order valence-electron chi connectivity index (χ3n) is 5.08. The number of carbonyl (C=O) groups excluding carboxylic acids is 1. The van der Waals surface area contributed by atoms with Crippen molar-refractivity contribution in [3.8, 4) is 0 Å². The minimum atomic E-state index is -0.673. The zero-order valence-electron chi connectivity index (χ0n) is 15.3. The van der Waals surface area contributed by atoms with Gasteiger partial charge in [-0.15, -0.1) is 0 Å². The van der Waals surface area contributed by atoms with Gasteiger partial charge >= 0.3 is 5.69 Å². The van der Waals surface area contributed by atoms with Crippen LogP contribution in [0.3, 0.4) is 0 Å². The monoisotopic (exact) mass is 379 g/mol. The Labute approximate surface area is 160 Å². The van der Waals surface area contributed by atoms with Crippen molar-refractivity contribution in [3.63, 3.8) is 0 Å². The maximum Gasteiger partial charge on any atom is 0.326 e. The number of hydrogen-bond acceptors (Lipinski definition) is 4. The second-order valence-electron chi connectivity index (χ2n) is 7.05. The van der Waals surface area contributed by atoms with E-state index in [1.54, 1.807) is 4.90 Å². The molecule has 0 aliphatic carbocycles. The number of hydrogen-bond donors (Lipinski definition) is 3. The predicted molar refractivity (Wildman–Crippen MR) is 103 cm³/mol. The molecule has 3 heterocycles. The van der Waals surface area contributed by atoms with Crippen LogP contribution in [0.2, 0.25) is 0 Å². The van der Waals surface area contributed by atoms with Crippen LogP contribution in [0.25, 0.3) is 0 Å². The molecular weight excluding hydrogens is 358 g/mol. The number of carbonyl (C=O) groups is 1. The molecule has 1 saturated heterocycles. The van der Waals surface area contributed by atoms with Crippen LogP contribution in [0.4, 0.5) is 0 Å². The fourth-order valence-electron chi connectivity index (χ4n) is 3.63. The predicted octanol–water partition coefficient (Wildman–Crippen LogP) is 1.40. The highest BCUT2D eigenvalue weighted by Gasteiger charge is 2.26. The lowest BCUT2D eigenvalue weighted by Crippen LogP contribution is -2.40. The van der Waals surface area contributed by atoms with Gasteiger partial charge in [0.1, 0.15) is 5.69 Å². The van der Waals surface area contributed by atoms with Crippen LogP contribution in [0, 0.1) is 0 Å². The second kappa shape index (κ2) is 7.67. The first-order chi connectivity index (χ1) is 13.6. The number of H-pyrrole nitrogens is 3. The van der Waals surface area contributed by atoms with E-state index >= 15 is 0 Å². The van der Waals surface area contributed by atoms with E-state index in [1.165, 1.54) is 5.56 Å². The Balaban J connectivity index is 1.38. The zero-order valence-corrected chi connectivity index (χ0v) is 15.3. The summed E-state index contributed by atoms with van der Waals surface area (Å²) in [5.41, 5.74) is 2.09. The van der Waals surface area contributed by atoms with Gasteiger partial charge in [-0.25, -0.2) is 4.79 Å². The molecule has 8 nitrogen and oxygen atoms in total. The highest BCUT2D eigenvalue weighted by atomic mass is 16.2. The van der Waals surface area contributed by atoms with Crippen LogP contribution < -0.4 is 11.2 Å². The Bertz CT molecular complexity index is 1050. The lowest BCUT2D eigenvalue weighted by Gasteiger charge is -2.31. The number of aromatic amines is 3. The number of nitrogens with one attached hydrogen (secondary N) is 3. The minimum absolute atomic E-state index is 0.0251. The standard InChI is InChI=1S/C20H21N5O3/c26-18-12-17(21-20(28)22-18)19(27)25-8-6-14(7-9-25)16-11-15(23-24-16)10-13-4-2-1-3-5-13/h1-5,11-12,14H,6-10H2,(H,23,24)(H2,21,22,26,28). The molecule has 0 atom stereocenters. The third-order valence-corrected chi connectivity index (χ3v) is 5.08. The van der Waals surface area contributed by atoms with Crippen molar-refractivity contribution in [2.75, 3.05) is 13.1 Å². The van der Waals surface area contributed by atoms with Gasteiger partial charge in [-0.2, -0.15) is 5.10 Å². The van der Waals surface area contributed by atoms with Crippen LogP contribution in [-0.2, 0) is 6.42 Å². The molecule has 0 saturated carbocycles. The van der Waals surface area contributed by atoms with Crippen LogP contribution in [0.1, 0.15) is 46.2 Å². The molecule has 1 aromatic carbocycles. The zero-order chi connectivity index (χ0) is 19.5. The molecule has 3 aromatic rings. The molecule has 1 fully saturated rings. The lowest BCUT2D eigenvalue weighted by atomic mass is 9.93. The minimum Gasteiger partial charge on any atom is -0.337 e. The van der Waals surface area contributed by atoms with Crippen molar-refractivity contribution in [2.24, 2.45) is 0 Å². The van der Waals surface area contributed by atoms with Gasteiger partial charge in [-0.1, -0.05) is 30.3 Å². The smallest absolute Gasteiger partial charge is 0.326 e. The molecule has 0 radical (unpaired) electrons. The van der Waals surface area contributed by atoms with Crippen molar-refractivity contribution in [2.45, 2.75) is 25.2 Å². The molecule has 28 heavy (non-hydrogen) atoms. The van der Waals surface area contributed by atoms with E-state index in [2.05, 4.69) is 38.4 Å². The quantitative estimate of drug-likeness (QED) is 0.635. The second-order valence-corrected chi connectivity index (χ2v) is 7.05. The normalized spacial score (nSPS) is 14.9. The average molecular weight is 379 g/mol. The Morgan fingerprint density at radius 1 is 1.07 bits per heavy atom. The summed E-state index contributed by atoms with van der Waals surface area (Å²) in [6.07, 6.45) is 2.38. The number of rotatable bonds is 4. The van der Waals surface area contributed by atoms with Gasteiger partial charge in [-0.05, 0) is 24.5 Å². The summed E-state index contributed by atoms with van der Waals surface area (Å²) in [7, 11) is 0. The Kier molecular flexibility index (Phi) is 4.92. The summed E-state index contributed by atoms with van der Waals surface area (Å²) >= 11 is 0. The fraction of sp³-hybridized carbons (Fsp3) is 0.300. The molecule has 0 bridgehead atoms. The molecule has 3 N–H and O–H groups in total. The molecule has 1 aliphatic rings. The van der Waals surface area contributed by atoms with Crippen LogP contribution >= 0.6 is 0 Å². The molecule has 2 aromatic heterocycles. The lowest BCUT2D eigenvalue weighted by molar-refractivity contribution is 0.0705. The van der Waals surface area contributed by atoms with Gasteiger partial charge in [0.05, 0.1) is 5.69 Å². The van der Waals surface area contributed by atoms with Gasteiger partial charge in [0.25, 0.3) is 11.5 Å². The van der Waals surface area contributed by atoms with Crippen LogP contribution in [0.15, 0.2) is 52.1 Å². The number of amides is 1. The topological polar surface area (TPSA) is 115 Å². The number of benzene rings is 1. The molecule has 8 heteroatoms. The highest BCUT2D eigenvalue weighted by molar-refractivity contribution is 5.92. The van der Waals surface area contributed by atoms with E-state index in [9.17, 15) is 14.4 Å². The van der Waals surface area contributed by atoms with Crippen molar-refractivity contribution in [3.05, 3.63) is 85.9 Å². The van der Waals surface area contributed by atoms with Gasteiger partial charge in [0.2, 0.25) is 0 Å². The summed E-state index contributed by atoms with van der Waals surface area (Å²) in [6.45, 7) is 1.11. The summed E-state index contributed by atoms with van der Waals surface area (Å²) in [6, 6.07) is 13.4. The van der Waals surface area contributed by atoms with E-state index in [0.717, 1.165) is 36.7 Å². The van der Waals surface area contributed by atoms with E-state index < -0.39 is 11.2 Å². The molecule has 1 aliphatic heterocycles. The molecule has 1 amide bonds. The van der Waals surface area contributed by atoms with E-state index in [-0.39, 0.29) is 17.5 Å². The maximum atomic E-state index is 12.5. The Morgan fingerprint density at radius 3 is 2.54 bits per heavy atom. The van der Waals surface area contributed by atoms with Gasteiger partial charge < -0.3 is 9.88 Å². The SMILES string of the molecule is O=C(c1cc(=O)[nH]c(=O)[nH]1)N1CCC(c2cc(Cc3ccccc3)[nH]n2)CC1. The van der Waals surface area contributed by atoms with Gasteiger partial charge in [0.15, 0.2) is 0 Å². The molecule has 4 rings (SSSR count). The van der Waals surface area contributed by atoms with E-state index in [4.69, 9.17) is 0 Å². The van der Waals surface area contributed by atoms with E-state index in [1.807, 2.05) is 18.2 Å². The van der Waals surface area contributed by atoms with Crippen molar-refractivity contribution < 1.29 is 4.79 Å². The van der Waals surface area contributed by atoms with Crippen LogP contribution in [0.5, 0.6) is 0 Å². The van der Waals surface area contributed by atoms with Crippen molar-refractivity contribution >= 4 is 5.91 Å². The third kappa shape index (κ3) is 3.95. The van der Waals surface area contributed by atoms with Crippen molar-refractivity contribution in [1.29, 1.82) is 0 Å². The summed E-state index contributed by atoms with van der Waals surface area (Å²) in [4.78, 5) is 41.4. The summed E-state index contributed by atoms with van der Waals surface area (Å²) in [5, 5.41) is 7.58. The number of aromatic nitrogens is 4. The Morgan fingerprint density at radius 2 is 1.82 bits per heavy atom. The molecule has 0 spiro atoms. The first-order valence-corrected chi connectivity index (χ1v) is 9.29. The van der Waals surface area contributed by atoms with Gasteiger partial charge in [-0.3, -0.25) is 19.7 Å². The highest BCUT2D eigenvalue weighted by Crippen LogP contribution is 2.28. The fourth-order valence-corrected chi connectivity index (χ4v) is 3.63. The molecule has 0 unspecified atom stereocenters. The average Bonchev–Trinajstić information content (AvgIpc) is 3.16. The summed E-state index contributed by atoms with van der Waals surface area (Å²) in [5.74, 6) is -0.0449. The largest absolute Gasteiger partial charge is 0.337 e. The number of likely N-dealkylation sites (tertiary alicyclic amines) is 1. The Hall–Kier alpha value is -3.42. The van der Waals surface area contributed by atoms with E-state index in [0.29, 0.717) is 13.1 Å². The van der Waals surface area contributed by atoms with Crippen molar-refractivity contribution in [1.82, 2.24) is 25.1 Å². The molecular formula is C20H21N5O3. The summed E-state index contributed by atoms with van der Waals surface area (Å²) < 4.78 is 0. The van der Waals surface area contributed by atoms with Gasteiger partial charge in [0, 0.05) is 37.2 Å². The first kappa shape index (κ1) is 18.0. The van der Waals surface area contributed by atoms with Crippen LogP contribution in [-0.4, -0.2) is 44.1 Å². The first-order valence-electron chi connectivity index (χ1n) is 9.29. The number of piperidine rings is 1. The number of nitrogens with zero attached hydrogens (tertiary/aromatic N) is 2. The maximum absolute atomic E-state index is 12.5. The molecule has 144 valence electrons.